The van der Waals surface area contributed by atoms with Gasteiger partial charge in [0.05, 0.1) is 0 Å². The number of aromatic nitrogens is 2. The Morgan fingerprint density at radius 1 is 1.67 bits per heavy atom. The molecule has 1 atom stereocenters. The van der Waals surface area contributed by atoms with E-state index in [1.54, 1.807) is 6.20 Å². The van der Waals surface area contributed by atoms with Gasteiger partial charge >= 0.3 is 0 Å². The SMILES string of the molecule is CCC(CCCl)CNc1ncc[nH]c1=O. The number of nitrogens with zero attached hydrogens (tertiary/aromatic N) is 1. The first-order valence-electron chi connectivity index (χ1n) is 5.11. The molecule has 0 saturated carbocycles. The number of aromatic amines is 1. The minimum absolute atomic E-state index is 0.182. The van der Waals surface area contributed by atoms with Gasteiger partial charge in [-0.15, -0.1) is 11.6 Å². The molecule has 0 spiro atoms. The average Bonchev–Trinajstić information content (AvgIpc) is 2.26. The molecule has 5 heteroatoms. The maximum atomic E-state index is 11.3. The van der Waals surface area contributed by atoms with Crippen molar-refractivity contribution in [1.29, 1.82) is 0 Å². The summed E-state index contributed by atoms with van der Waals surface area (Å²) in [6.07, 6.45) is 5.08. The topological polar surface area (TPSA) is 57.8 Å². The van der Waals surface area contributed by atoms with Crippen LogP contribution in [0.25, 0.3) is 0 Å². The van der Waals surface area contributed by atoms with Crippen LogP contribution in [0.1, 0.15) is 19.8 Å². The molecule has 0 aliphatic carbocycles. The van der Waals surface area contributed by atoms with E-state index in [2.05, 4.69) is 22.2 Å². The highest BCUT2D eigenvalue weighted by Gasteiger charge is 2.06. The van der Waals surface area contributed by atoms with Gasteiger partial charge < -0.3 is 10.3 Å². The van der Waals surface area contributed by atoms with Crippen molar-refractivity contribution < 1.29 is 0 Å². The van der Waals surface area contributed by atoms with Crippen molar-refractivity contribution in [3.8, 4) is 0 Å². The molecular weight excluding hydrogens is 214 g/mol. The van der Waals surface area contributed by atoms with E-state index in [0.29, 0.717) is 17.6 Å². The van der Waals surface area contributed by atoms with Gasteiger partial charge in [-0.2, -0.15) is 0 Å². The Kier molecular flexibility index (Phi) is 5.18. The molecule has 4 nitrogen and oxygen atoms in total. The van der Waals surface area contributed by atoms with E-state index in [4.69, 9.17) is 11.6 Å². The van der Waals surface area contributed by atoms with Crippen LogP contribution in [0.2, 0.25) is 0 Å². The van der Waals surface area contributed by atoms with Crippen LogP contribution in [-0.4, -0.2) is 22.4 Å². The van der Waals surface area contributed by atoms with Crippen LogP contribution < -0.4 is 10.9 Å². The maximum Gasteiger partial charge on any atom is 0.290 e. The molecule has 1 aromatic rings. The molecule has 84 valence electrons. The molecule has 1 aromatic heterocycles. The van der Waals surface area contributed by atoms with Crippen LogP contribution in [0.3, 0.4) is 0 Å². The molecule has 2 N–H and O–H groups in total. The summed E-state index contributed by atoms with van der Waals surface area (Å²) in [6, 6.07) is 0. The Morgan fingerprint density at radius 2 is 2.47 bits per heavy atom. The summed E-state index contributed by atoms with van der Waals surface area (Å²) >= 11 is 5.68. The molecule has 0 amide bonds. The predicted molar refractivity (Wildman–Crippen MR) is 62.5 cm³/mol. The van der Waals surface area contributed by atoms with Crippen LogP contribution in [0.4, 0.5) is 5.82 Å². The van der Waals surface area contributed by atoms with Crippen LogP contribution in [-0.2, 0) is 0 Å². The highest BCUT2D eigenvalue weighted by atomic mass is 35.5. The molecule has 1 heterocycles. The summed E-state index contributed by atoms with van der Waals surface area (Å²) in [6.45, 7) is 2.85. The number of halogens is 1. The molecule has 0 bridgehead atoms. The molecule has 0 saturated heterocycles. The molecule has 0 aliphatic heterocycles. The van der Waals surface area contributed by atoms with Crippen molar-refractivity contribution in [2.45, 2.75) is 19.8 Å². The highest BCUT2D eigenvalue weighted by Crippen LogP contribution is 2.09. The number of anilines is 1. The van der Waals surface area contributed by atoms with Gasteiger partial charge in [-0.3, -0.25) is 4.79 Å². The van der Waals surface area contributed by atoms with Gasteiger partial charge in [0.15, 0.2) is 5.82 Å². The second-order valence-corrected chi connectivity index (χ2v) is 3.78. The number of H-pyrrole nitrogens is 1. The van der Waals surface area contributed by atoms with E-state index in [1.165, 1.54) is 6.20 Å². The van der Waals surface area contributed by atoms with Crippen molar-refractivity contribution in [1.82, 2.24) is 9.97 Å². The first kappa shape index (κ1) is 12.0. The van der Waals surface area contributed by atoms with Crippen LogP contribution in [0.15, 0.2) is 17.2 Å². The zero-order chi connectivity index (χ0) is 11.1. The fraction of sp³-hybridized carbons (Fsp3) is 0.600. The third-order valence-electron chi connectivity index (χ3n) is 2.36. The second-order valence-electron chi connectivity index (χ2n) is 3.40. The lowest BCUT2D eigenvalue weighted by molar-refractivity contribution is 0.521. The van der Waals surface area contributed by atoms with E-state index >= 15 is 0 Å². The first-order chi connectivity index (χ1) is 7.27. The summed E-state index contributed by atoms with van der Waals surface area (Å²) in [5.41, 5.74) is -0.182. The third-order valence-corrected chi connectivity index (χ3v) is 2.58. The minimum atomic E-state index is -0.182. The van der Waals surface area contributed by atoms with Crippen LogP contribution in [0, 0.1) is 5.92 Å². The summed E-state index contributed by atoms with van der Waals surface area (Å²) in [5.74, 6) is 1.52. The Morgan fingerprint density at radius 3 is 3.07 bits per heavy atom. The van der Waals surface area contributed by atoms with Gasteiger partial charge in [-0.05, 0) is 12.3 Å². The predicted octanol–water partition coefficient (Wildman–Crippen LogP) is 1.84. The fourth-order valence-electron chi connectivity index (χ4n) is 1.32. The largest absolute Gasteiger partial charge is 0.365 e. The first-order valence-corrected chi connectivity index (χ1v) is 5.65. The molecule has 0 radical (unpaired) electrons. The molecule has 1 unspecified atom stereocenters. The Bertz CT molecular complexity index is 339. The average molecular weight is 230 g/mol. The lowest BCUT2D eigenvalue weighted by Gasteiger charge is -2.13. The Hall–Kier alpha value is -1.03. The standard InChI is InChI=1S/C10H16ClN3O/c1-2-8(3-4-11)7-14-9-10(15)13-6-5-12-9/h5-6,8H,2-4,7H2,1H3,(H,12,14)(H,13,15). The molecule has 1 rings (SSSR count). The van der Waals surface area contributed by atoms with Crippen LogP contribution >= 0.6 is 11.6 Å². The Labute approximate surface area is 94.1 Å². The second kappa shape index (κ2) is 6.45. The summed E-state index contributed by atoms with van der Waals surface area (Å²) < 4.78 is 0. The number of alkyl halides is 1. The zero-order valence-corrected chi connectivity index (χ0v) is 9.55. The summed E-state index contributed by atoms with van der Waals surface area (Å²) in [4.78, 5) is 17.8. The highest BCUT2D eigenvalue weighted by molar-refractivity contribution is 6.17. The van der Waals surface area contributed by atoms with Crippen LogP contribution in [0.5, 0.6) is 0 Å². The third kappa shape index (κ3) is 3.91. The monoisotopic (exact) mass is 229 g/mol. The number of nitrogens with one attached hydrogen (secondary N) is 2. The normalized spacial score (nSPS) is 12.4. The molecule has 0 aromatic carbocycles. The van der Waals surface area contributed by atoms with Crippen molar-refractivity contribution in [2.24, 2.45) is 5.92 Å². The number of rotatable bonds is 6. The maximum absolute atomic E-state index is 11.3. The van der Waals surface area contributed by atoms with E-state index in [-0.39, 0.29) is 5.56 Å². The van der Waals surface area contributed by atoms with Gasteiger partial charge in [0, 0.05) is 24.8 Å². The number of hydrogen-bond acceptors (Lipinski definition) is 3. The lowest BCUT2D eigenvalue weighted by Crippen LogP contribution is -2.20. The van der Waals surface area contributed by atoms with Crippen molar-refractivity contribution in [3.05, 3.63) is 22.7 Å². The van der Waals surface area contributed by atoms with Gasteiger partial charge in [-0.25, -0.2) is 4.98 Å². The van der Waals surface area contributed by atoms with E-state index in [0.717, 1.165) is 19.4 Å². The smallest absolute Gasteiger partial charge is 0.290 e. The van der Waals surface area contributed by atoms with Gasteiger partial charge in [0.2, 0.25) is 0 Å². The van der Waals surface area contributed by atoms with Gasteiger partial charge in [0.25, 0.3) is 5.56 Å². The van der Waals surface area contributed by atoms with E-state index in [9.17, 15) is 4.79 Å². The fourth-order valence-corrected chi connectivity index (χ4v) is 1.63. The molecule has 15 heavy (non-hydrogen) atoms. The van der Waals surface area contributed by atoms with Gasteiger partial charge in [-0.1, -0.05) is 13.3 Å². The van der Waals surface area contributed by atoms with E-state index < -0.39 is 0 Å². The molecular formula is C10H16ClN3O. The quantitative estimate of drug-likeness (QED) is 0.732. The molecule has 0 fully saturated rings. The zero-order valence-electron chi connectivity index (χ0n) is 8.79. The Balaban J connectivity index is 2.49. The van der Waals surface area contributed by atoms with Crippen molar-refractivity contribution in [2.75, 3.05) is 17.7 Å². The minimum Gasteiger partial charge on any atom is -0.365 e. The summed E-state index contributed by atoms with van der Waals surface area (Å²) in [7, 11) is 0. The van der Waals surface area contributed by atoms with Crippen molar-refractivity contribution in [3.63, 3.8) is 0 Å². The van der Waals surface area contributed by atoms with Gasteiger partial charge in [0.1, 0.15) is 0 Å². The number of hydrogen-bond donors (Lipinski definition) is 2. The molecule has 0 aliphatic rings. The van der Waals surface area contributed by atoms with Crippen molar-refractivity contribution >= 4 is 17.4 Å². The lowest BCUT2D eigenvalue weighted by atomic mass is 10.0. The van der Waals surface area contributed by atoms with E-state index in [1.807, 2.05) is 0 Å². The summed E-state index contributed by atoms with van der Waals surface area (Å²) in [5, 5.41) is 3.04.